The molecule has 0 spiro atoms. The molecule has 29 heteroatoms. The molecule has 432 valence electrons. The Hall–Kier alpha value is -4.07. The number of hydrogen-bond acceptors (Lipinski definition) is 29. The fraction of sp³-hybridized carbons (Fsp3) is 0.688. The number of benzene rings is 2. The first-order valence-corrected chi connectivity index (χ1v) is 24.4. The van der Waals surface area contributed by atoms with E-state index in [-0.39, 0.29) is 33.8 Å². The maximum absolute atomic E-state index is 14.1. The van der Waals surface area contributed by atoms with Crippen LogP contribution in [0.15, 0.2) is 45.8 Å². The molecule has 5 fully saturated rings. The van der Waals surface area contributed by atoms with E-state index < -0.39 is 179 Å². The number of ether oxygens (including phenoxy) is 13. The summed E-state index contributed by atoms with van der Waals surface area (Å²) < 4.78 is 80.2. The van der Waals surface area contributed by atoms with Gasteiger partial charge in [0, 0.05) is 6.07 Å². The van der Waals surface area contributed by atoms with E-state index >= 15 is 0 Å². The molecule has 2 aromatic carbocycles. The number of rotatable bonds is 17. The molecule has 5 aliphatic rings. The summed E-state index contributed by atoms with van der Waals surface area (Å²) in [7, 11) is 3.96. The highest BCUT2D eigenvalue weighted by molar-refractivity contribution is 5.91. The first-order valence-electron chi connectivity index (χ1n) is 24.4. The molecule has 3 aromatic rings. The van der Waals surface area contributed by atoms with Crippen LogP contribution in [0.4, 0.5) is 0 Å². The molecular weight excluding hydrogens is 1040 g/mol. The molecule has 0 amide bonds. The molecule has 0 aliphatic carbocycles. The Morgan fingerprint density at radius 3 is 1.58 bits per heavy atom. The zero-order valence-electron chi connectivity index (χ0n) is 41.9. The molecule has 14 N–H and O–H groups in total. The van der Waals surface area contributed by atoms with Gasteiger partial charge in [-0.15, -0.1) is 0 Å². The summed E-state index contributed by atoms with van der Waals surface area (Å²) in [6, 6.07) is 7.82. The van der Waals surface area contributed by atoms with E-state index in [0.29, 0.717) is 11.3 Å². The van der Waals surface area contributed by atoms with Crippen molar-refractivity contribution in [2.75, 3.05) is 41.2 Å². The van der Waals surface area contributed by atoms with Crippen molar-refractivity contribution in [2.24, 2.45) is 0 Å². The Labute approximate surface area is 437 Å². The van der Waals surface area contributed by atoms with E-state index in [1.807, 2.05) is 0 Å². The van der Waals surface area contributed by atoms with E-state index in [0.717, 1.165) is 0 Å². The molecule has 77 heavy (non-hydrogen) atoms. The van der Waals surface area contributed by atoms with Gasteiger partial charge in [0.15, 0.2) is 36.7 Å². The van der Waals surface area contributed by atoms with Crippen LogP contribution in [0.5, 0.6) is 23.0 Å². The van der Waals surface area contributed by atoms with Crippen LogP contribution >= 0.6 is 0 Å². The molecule has 0 bridgehead atoms. The number of aliphatic hydroxyl groups is 14. The second kappa shape index (κ2) is 24.7. The monoisotopic (exact) mass is 1110 g/mol. The highest BCUT2D eigenvalue weighted by Crippen LogP contribution is 2.45. The average molecular weight is 1110 g/mol. The van der Waals surface area contributed by atoms with Crippen LogP contribution < -0.4 is 24.4 Å². The molecular formula is C48H66O29. The van der Waals surface area contributed by atoms with E-state index in [1.54, 1.807) is 24.3 Å². The van der Waals surface area contributed by atoms with Crippen LogP contribution in [0.3, 0.4) is 0 Å². The number of methoxy groups -OCH3 is 3. The molecule has 0 saturated carbocycles. The van der Waals surface area contributed by atoms with Gasteiger partial charge in [0.05, 0.1) is 58.9 Å². The van der Waals surface area contributed by atoms with Gasteiger partial charge in [-0.05, 0) is 31.5 Å². The summed E-state index contributed by atoms with van der Waals surface area (Å²) in [6.07, 6.45) is -42.5. The first-order chi connectivity index (χ1) is 36.6. The van der Waals surface area contributed by atoms with Gasteiger partial charge in [0.25, 0.3) is 0 Å². The minimum absolute atomic E-state index is 0.0754. The largest absolute Gasteiger partial charge is 0.497 e. The Morgan fingerprint density at radius 1 is 0.494 bits per heavy atom. The molecule has 0 unspecified atom stereocenters. The van der Waals surface area contributed by atoms with Crippen molar-refractivity contribution >= 4 is 11.0 Å². The van der Waals surface area contributed by atoms with Gasteiger partial charge >= 0.3 is 0 Å². The quantitative estimate of drug-likeness (QED) is 0.0598. The molecule has 5 aliphatic heterocycles. The summed E-state index contributed by atoms with van der Waals surface area (Å²) in [4.78, 5) is 14.1. The molecule has 25 atom stereocenters. The third-order valence-electron chi connectivity index (χ3n) is 14.2. The van der Waals surface area contributed by atoms with E-state index in [1.165, 1.54) is 47.5 Å². The molecule has 1 aromatic heterocycles. The minimum atomic E-state index is -2.12. The van der Waals surface area contributed by atoms with Crippen molar-refractivity contribution in [1.29, 1.82) is 0 Å². The first kappa shape index (κ1) is 59.1. The van der Waals surface area contributed by atoms with Crippen molar-refractivity contribution in [3.8, 4) is 34.1 Å². The third kappa shape index (κ3) is 11.8. The lowest BCUT2D eigenvalue weighted by atomic mass is 9.96. The van der Waals surface area contributed by atoms with Gasteiger partial charge in [0.1, 0.15) is 133 Å². The standard InChI is InChI=1S/C48H66O29/c1-15-26(50)31(55)35(59)44(70-15)69-14-24-30(54)43(39(63)48(75-24)72-21-10-20-25(42(66-5)41(21)65-4)27(51)19(12-67-20)17-6-8-18(64-3)9-7-17)77-47-37(61)33(57)29(53)23(74-47)13-68-45-38(62)34(58)40(16(2)71-45)76-46-36(60)32(56)28(52)22(11-49)73-46/h6-10,12,15-16,22-24,26,28-40,43-50,52-63H,11,13-14H2,1-5H3/t15-,16-,22+,23+,24+,26-,28+,29+,30+,31+,32-,33-,34-,35+,36+,37+,38+,39+,40-,43-,44+,45+,46-,47-,48+/m0/s1. The van der Waals surface area contributed by atoms with Gasteiger partial charge < -0.3 is 137 Å². The predicted molar refractivity (Wildman–Crippen MR) is 250 cm³/mol. The minimum Gasteiger partial charge on any atom is -0.497 e. The second-order valence-electron chi connectivity index (χ2n) is 19.1. The zero-order valence-corrected chi connectivity index (χ0v) is 41.9. The van der Waals surface area contributed by atoms with Crippen molar-refractivity contribution in [1.82, 2.24) is 0 Å². The molecule has 6 heterocycles. The van der Waals surface area contributed by atoms with Gasteiger partial charge in [-0.1, -0.05) is 12.1 Å². The maximum Gasteiger partial charge on any atom is 0.229 e. The van der Waals surface area contributed by atoms with Crippen LogP contribution in [0.25, 0.3) is 22.1 Å². The summed E-state index contributed by atoms with van der Waals surface area (Å²) in [5.74, 6) is -0.105. The van der Waals surface area contributed by atoms with Crippen molar-refractivity contribution in [2.45, 2.75) is 167 Å². The Balaban J connectivity index is 1.02. The van der Waals surface area contributed by atoms with Crippen LogP contribution in [-0.2, 0) is 42.6 Å². The molecule has 5 saturated heterocycles. The van der Waals surface area contributed by atoms with Crippen LogP contribution in [0.2, 0.25) is 0 Å². The fourth-order valence-electron chi connectivity index (χ4n) is 9.60. The number of aliphatic hydroxyl groups excluding tert-OH is 14. The van der Waals surface area contributed by atoms with Gasteiger partial charge in [-0.25, -0.2) is 0 Å². The highest BCUT2D eigenvalue weighted by atomic mass is 16.8. The van der Waals surface area contributed by atoms with Gasteiger partial charge in [0.2, 0.25) is 17.5 Å². The van der Waals surface area contributed by atoms with Crippen molar-refractivity contribution < 1.29 is 137 Å². The SMILES string of the molecule is COc1ccc(-c2coc3cc(O[C@@H]4O[C@H](CO[C@@H]5O[C@@H](C)[C@H](O)[C@@H](O)[C@H]5O)[C@@H](O)[C@H](O[C@@H]5O[C@H](CO[C@@H]6O[C@@H](C)[C@H](O[C@@H]7O[C@H](CO)[C@@H](O)[C@H](O)[C@H]7O)[C@@H](O)[C@H]6O)[C@@H](O)[C@H](O)[C@H]5O)[C@H]4O)c(OC)c(OC)c3c2=O)cc1. The smallest absolute Gasteiger partial charge is 0.229 e. The van der Waals surface area contributed by atoms with E-state index in [4.69, 9.17) is 66.0 Å². The topological polar surface area (TPSA) is 433 Å². The summed E-state index contributed by atoms with van der Waals surface area (Å²) in [5, 5.41) is 151. The van der Waals surface area contributed by atoms with E-state index in [9.17, 15) is 76.3 Å². The summed E-state index contributed by atoms with van der Waals surface area (Å²) in [6.45, 7) is 0.508. The van der Waals surface area contributed by atoms with Gasteiger partial charge in [-0.3, -0.25) is 4.79 Å². The van der Waals surface area contributed by atoms with Crippen LogP contribution in [0.1, 0.15) is 13.8 Å². The average Bonchev–Trinajstić information content (AvgIpc) is 3.48. The Bertz CT molecular complexity index is 2460. The highest BCUT2D eigenvalue weighted by Gasteiger charge is 2.54. The van der Waals surface area contributed by atoms with Crippen LogP contribution in [-0.4, -0.2) is 266 Å². The Kier molecular flexibility index (Phi) is 19.0. The normalized spacial score (nSPS) is 41.7. The lowest BCUT2D eigenvalue weighted by Crippen LogP contribution is -2.66. The van der Waals surface area contributed by atoms with Crippen molar-refractivity contribution in [3.05, 3.63) is 46.8 Å². The summed E-state index contributed by atoms with van der Waals surface area (Å²) >= 11 is 0. The molecule has 8 rings (SSSR count). The second-order valence-corrected chi connectivity index (χ2v) is 19.1. The molecule has 0 radical (unpaired) electrons. The van der Waals surface area contributed by atoms with Crippen molar-refractivity contribution in [3.63, 3.8) is 0 Å². The van der Waals surface area contributed by atoms with Gasteiger partial charge in [-0.2, -0.15) is 0 Å². The zero-order chi connectivity index (χ0) is 55.9. The number of hydrogen-bond donors (Lipinski definition) is 14. The third-order valence-corrected chi connectivity index (χ3v) is 14.2. The predicted octanol–water partition coefficient (Wildman–Crippen LogP) is -5.98. The van der Waals surface area contributed by atoms with E-state index in [2.05, 4.69) is 0 Å². The van der Waals surface area contributed by atoms with Crippen LogP contribution in [0, 0.1) is 0 Å². The fourth-order valence-corrected chi connectivity index (χ4v) is 9.60. The number of fused-ring (bicyclic) bond motifs is 1. The molecule has 29 nitrogen and oxygen atoms in total. The lowest BCUT2D eigenvalue weighted by Gasteiger charge is -2.47. The maximum atomic E-state index is 14.1. The summed E-state index contributed by atoms with van der Waals surface area (Å²) in [5.41, 5.74) is -0.00949. The lowest BCUT2D eigenvalue weighted by molar-refractivity contribution is -0.370. The Morgan fingerprint density at radius 2 is 1.00 bits per heavy atom.